The monoisotopic (exact) mass is 283 g/mol. The first-order chi connectivity index (χ1) is 8.67. The molecular formula is C14H15Cl2NO. The first-order valence-corrected chi connectivity index (χ1v) is 6.61. The van der Waals surface area contributed by atoms with Gasteiger partial charge >= 0.3 is 0 Å². The van der Waals surface area contributed by atoms with Crippen LogP contribution in [0.3, 0.4) is 0 Å². The highest BCUT2D eigenvalue weighted by molar-refractivity contribution is 6.35. The van der Waals surface area contributed by atoms with E-state index in [0.717, 1.165) is 23.3 Å². The van der Waals surface area contributed by atoms with Crippen LogP contribution in [0.2, 0.25) is 10.0 Å². The van der Waals surface area contributed by atoms with E-state index in [1.165, 1.54) is 0 Å². The molecule has 1 unspecified atom stereocenters. The molecular weight excluding hydrogens is 269 g/mol. The second-order valence-electron chi connectivity index (χ2n) is 4.04. The van der Waals surface area contributed by atoms with Crippen LogP contribution < -0.4 is 5.32 Å². The summed E-state index contributed by atoms with van der Waals surface area (Å²) in [5, 5.41) is 4.57. The lowest BCUT2D eigenvalue weighted by atomic mass is 9.98. The van der Waals surface area contributed by atoms with E-state index in [4.69, 9.17) is 27.6 Å². The molecule has 1 aromatic carbocycles. The summed E-state index contributed by atoms with van der Waals surface area (Å²) < 4.78 is 5.47. The molecule has 4 heteroatoms. The predicted octanol–water partition coefficient (Wildman–Crippen LogP) is 4.46. The molecule has 0 bridgehead atoms. The molecule has 1 N–H and O–H groups in total. The minimum absolute atomic E-state index is 0.0171. The molecule has 0 aliphatic carbocycles. The Balaban J connectivity index is 2.45. The largest absolute Gasteiger partial charge is 0.469 e. The van der Waals surface area contributed by atoms with Crippen molar-refractivity contribution in [2.24, 2.45) is 0 Å². The molecule has 2 rings (SSSR count). The third-order valence-corrected chi connectivity index (χ3v) is 3.54. The van der Waals surface area contributed by atoms with Crippen molar-refractivity contribution in [1.82, 2.24) is 5.32 Å². The van der Waals surface area contributed by atoms with Crippen LogP contribution in [0, 0.1) is 0 Å². The van der Waals surface area contributed by atoms with Gasteiger partial charge in [0.25, 0.3) is 0 Å². The van der Waals surface area contributed by atoms with Crippen molar-refractivity contribution in [3.05, 3.63) is 57.5 Å². The molecule has 0 aliphatic heterocycles. The first-order valence-electron chi connectivity index (χ1n) is 5.85. The molecule has 0 aliphatic rings. The zero-order valence-electron chi connectivity index (χ0n) is 10.3. The molecule has 1 heterocycles. The molecule has 1 atom stereocenters. The van der Waals surface area contributed by atoms with Crippen LogP contribution >= 0.6 is 23.2 Å². The molecule has 0 spiro atoms. The van der Waals surface area contributed by atoms with Crippen molar-refractivity contribution in [2.45, 2.75) is 19.4 Å². The van der Waals surface area contributed by atoms with Crippen LogP contribution in [0.4, 0.5) is 0 Å². The van der Waals surface area contributed by atoms with E-state index in [-0.39, 0.29) is 6.04 Å². The lowest BCUT2D eigenvalue weighted by Gasteiger charge is -2.18. The number of benzene rings is 1. The van der Waals surface area contributed by atoms with E-state index in [1.807, 2.05) is 25.2 Å². The van der Waals surface area contributed by atoms with Gasteiger partial charge in [-0.25, -0.2) is 0 Å². The molecule has 96 valence electrons. The minimum Gasteiger partial charge on any atom is -0.469 e. The number of rotatable bonds is 4. The highest BCUT2D eigenvalue weighted by Crippen LogP contribution is 2.32. The Morgan fingerprint density at radius 3 is 2.61 bits per heavy atom. The fourth-order valence-electron chi connectivity index (χ4n) is 2.11. The summed E-state index contributed by atoms with van der Waals surface area (Å²) in [6.07, 6.45) is 2.56. The predicted molar refractivity (Wildman–Crippen MR) is 75.5 cm³/mol. The van der Waals surface area contributed by atoms with Gasteiger partial charge in [-0.1, -0.05) is 36.2 Å². The Morgan fingerprint density at radius 1 is 1.22 bits per heavy atom. The van der Waals surface area contributed by atoms with E-state index in [0.29, 0.717) is 10.0 Å². The van der Waals surface area contributed by atoms with Crippen LogP contribution in [0.25, 0.3) is 0 Å². The van der Waals surface area contributed by atoms with Crippen LogP contribution in [0.5, 0.6) is 0 Å². The zero-order chi connectivity index (χ0) is 13.1. The number of furan rings is 1. The number of nitrogens with one attached hydrogen (secondary N) is 1. The van der Waals surface area contributed by atoms with Gasteiger partial charge in [0, 0.05) is 22.0 Å². The van der Waals surface area contributed by atoms with Crippen molar-refractivity contribution < 1.29 is 4.42 Å². The number of hydrogen-bond acceptors (Lipinski definition) is 2. The molecule has 0 saturated carbocycles. The van der Waals surface area contributed by atoms with Gasteiger partial charge in [0.1, 0.15) is 5.76 Å². The smallest absolute Gasteiger partial charge is 0.108 e. The third kappa shape index (κ3) is 2.56. The van der Waals surface area contributed by atoms with Gasteiger partial charge in [-0.2, -0.15) is 0 Å². The number of halogens is 2. The van der Waals surface area contributed by atoms with E-state index >= 15 is 0 Å². The van der Waals surface area contributed by atoms with Crippen LogP contribution in [-0.2, 0) is 6.42 Å². The fourth-order valence-corrected chi connectivity index (χ4v) is 2.63. The third-order valence-electron chi connectivity index (χ3n) is 2.97. The van der Waals surface area contributed by atoms with Crippen LogP contribution in [0.1, 0.15) is 29.9 Å². The van der Waals surface area contributed by atoms with Gasteiger partial charge in [0.05, 0.1) is 12.3 Å². The molecule has 18 heavy (non-hydrogen) atoms. The normalized spacial score (nSPS) is 12.7. The highest BCUT2D eigenvalue weighted by Gasteiger charge is 2.19. The Morgan fingerprint density at radius 2 is 2.00 bits per heavy atom. The summed E-state index contributed by atoms with van der Waals surface area (Å²) in [5.74, 6) is 0.973. The Hall–Kier alpha value is -0.960. The maximum absolute atomic E-state index is 6.26. The minimum atomic E-state index is 0.0171. The zero-order valence-corrected chi connectivity index (χ0v) is 11.8. The van der Waals surface area contributed by atoms with E-state index < -0.39 is 0 Å². The van der Waals surface area contributed by atoms with Gasteiger partial charge in [-0.3, -0.25) is 0 Å². The highest BCUT2D eigenvalue weighted by atomic mass is 35.5. The lowest BCUT2D eigenvalue weighted by Crippen LogP contribution is -2.18. The molecule has 0 fully saturated rings. The molecule has 0 amide bonds. The van der Waals surface area contributed by atoms with Gasteiger partial charge < -0.3 is 9.73 Å². The van der Waals surface area contributed by atoms with Gasteiger partial charge in [-0.05, 0) is 30.8 Å². The molecule has 0 saturated heterocycles. The van der Waals surface area contributed by atoms with E-state index in [1.54, 1.807) is 12.3 Å². The average Bonchev–Trinajstić information content (AvgIpc) is 2.81. The lowest BCUT2D eigenvalue weighted by molar-refractivity contribution is 0.505. The molecule has 1 aromatic heterocycles. The average molecular weight is 284 g/mol. The summed E-state index contributed by atoms with van der Waals surface area (Å²) in [6, 6.07) is 7.54. The SMILES string of the molecule is CCc1occc1C(NC)c1ccc(Cl)cc1Cl. The molecule has 2 aromatic rings. The van der Waals surface area contributed by atoms with Crippen molar-refractivity contribution in [1.29, 1.82) is 0 Å². The first kappa shape index (κ1) is 13.5. The van der Waals surface area contributed by atoms with Gasteiger partial charge in [-0.15, -0.1) is 0 Å². The Labute approximate surface area is 117 Å². The van der Waals surface area contributed by atoms with E-state index in [2.05, 4.69) is 12.2 Å². The molecule has 2 nitrogen and oxygen atoms in total. The molecule has 0 radical (unpaired) electrons. The quantitative estimate of drug-likeness (QED) is 0.896. The van der Waals surface area contributed by atoms with Crippen LogP contribution in [0.15, 0.2) is 34.9 Å². The van der Waals surface area contributed by atoms with Crippen molar-refractivity contribution in [2.75, 3.05) is 7.05 Å². The van der Waals surface area contributed by atoms with Crippen molar-refractivity contribution in [3.8, 4) is 0 Å². The maximum atomic E-state index is 6.26. The number of aryl methyl sites for hydroxylation is 1. The second-order valence-corrected chi connectivity index (χ2v) is 4.88. The summed E-state index contributed by atoms with van der Waals surface area (Å²) in [5.41, 5.74) is 2.11. The standard InChI is InChI=1S/C14H15Cl2NO/c1-3-13-11(6-7-18-13)14(17-2)10-5-4-9(15)8-12(10)16/h4-8,14,17H,3H2,1-2H3. The van der Waals surface area contributed by atoms with E-state index in [9.17, 15) is 0 Å². The summed E-state index contributed by atoms with van der Waals surface area (Å²) in [7, 11) is 1.90. The van der Waals surface area contributed by atoms with Crippen LogP contribution in [-0.4, -0.2) is 7.05 Å². The van der Waals surface area contributed by atoms with Crippen molar-refractivity contribution in [3.63, 3.8) is 0 Å². The maximum Gasteiger partial charge on any atom is 0.108 e. The summed E-state index contributed by atoms with van der Waals surface area (Å²) in [6.45, 7) is 2.07. The summed E-state index contributed by atoms with van der Waals surface area (Å²) >= 11 is 12.2. The second kappa shape index (κ2) is 5.79. The Bertz CT molecular complexity index is 536. The van der Waals surface area contributed by atoms with Gasteiger partial charge in [0.15, 0.2) is 0 Å². The van der Waals surface area contributed by atoms with Crippen molar-refractivity contribution >= 4 is 23.2 Å². The fraction of sp³-hybridized carbons (Fsp3) is 0.286. The number of hydrogen-bond donors (Lipinski definition) is 1. The Kier molecular flexibility index (Phi) is 4.33. The topological polar surface area (TPSA) is 25.2 Å². The van der Waals surface area contributed by atoms with Gasteiger partial charge in [0.2, 0.25) is 0 Å². The summed E-state index contributed by atoms with van der Waals surface area (Å²) in [4.78, 5) is 0.